The first-order valence-corrected chi connectivity index (χ1v) is 7.23. The fourth-order valence-electron chi connectivity index (χ4n) is 1.89. The first-order valence-electron chi connectivity index (χ1n) is 6.03. The van der Waals surface area contributed by atoms with Crippen molar-refractivity contribution >= 4 is 22.9 Å². The summed E-state index contributed by atoms with van der Waals surface area (Å²) in [7, 11) is 0. The summed E-state index contributed by atoms with van der Waals surface area (Å²) in [6, 6.07) is 7.55. The highest BCUT2D eigenvalue weighted by Crippen LogP contribution is 2.31. The third-order valence-electron chi connectivity index (χ3n) is 2.74. The Hall–Kier alpha value is -1.63. The van der Waals surface area contributed by atoms with Crippen LogP contribution in [0.1, 0.15) is 28.4 Å². The Morgan fingerprint density at radius 2 is 2.30 bits per heavy atom. The predicted octanol–water partition coefficient (Wildman–Crippen LogP) is 3.57. The molecule has 0 bridgehead atoms. The molecule has 3 aromatic rings. The number of rotatable bonds is 5. The second-order valence-electron chi connectivity index (χ2n) is 4.20. The molecule has 0 fully saturated rings. The van der Waals surface area contributed by atoms with Gasteiger partial charge in [0.2, 0.25) is 5.89 Å². The topological polar surface area (TPSA) is 64.1 Å². The average molecular weight is 310 g/mol. The fraction of sp³-hybridized carbons (Fsp3) is 0.231. The van der Waals surface area contributed by atoms with Crippen LogP contribution in [0.15, 0.2) is 39.5 Å². The molecule has 20 heavy (non-hydrogen) atoms. The maximum absolute atomic E-state index is 6.01. The largest absolute Gasteiger partial charge is 0.467 e. The molecule has 0 aliphatic carbocycles. The molecule has 0 saturated heterocycles. The highest BCUT2D eigenvalue weighted by atomic mass is 35.5. The van der Waals surface area contributed by atoms with E-state index in [4.69, 9.17) is 20.5 Å². The molecule has 3 aromatic heterocycles. The van der Waals surface area contributed by atoms with Crippen molar-refractivity contribution in [3.63, 3.8) is 0 Å². The van der Waals surface area contributed by atoms with Crippen molar-refractivity contribution in [2.24, 2.45) is 0 Å². The molecule has 0 aliphatic heterocycles. The SMILES string of the molecule is Cc1nc(CNC(c2ccco2)c2ccc(Cl)s2)no1. The lowest BCUT2D eigenvalue weighted by atomic mass is 10.2. The van der Waals surface area contributed by atoms with E-state index in [0.29, 0.717) is 18.3 Å². The molecule has 0 amide bonds. The lowest BCUT2D eigenvalue weighted by Crippen LogP contribution is -2.21. The van der Waals surface area contributed by atoms with Crippen molar-refractivity contribution in [2.45, 2.75) is 19.5 Å². The molecule has 0 saturated carbocycles. The molecule has 5 nitrogen and oxygen atoms in total. The van der Waals surface area contributed by atoms with Gasteiger partial charge >= 0.3 is 0 Å². The maximum Gasteiger partial charge on any atom is 0.223 e. The van der Waals surface area contributed by atoms with E-state index >= 15 is 0 Å². The number of aryl methyl sites for hydroxylation is 1. The van der Waals surface area contributed by atoms with Gasteiger partial charge in [0.05, 0.1) is 17.1 Å². The van der Waals surface area contributed by atoms with Crippen molar-refractivity contribution in [2.75, 3.05) is 0 Å². The number of aromatic nitrogens is 2. The van der Waals surface area contributed by atoms with Gasteiger partial charge in [-0.15, -0.1) is 11.3 Å². The summed E-state index contributed by atoms with van der Waals surface area (Å²) >= 11 is 7.52. The number of thiophene rings is 1. The number of halogens is 1. The zero-order valence-corrected chi connectivity index (χ0v) is 12.2. The fourth-order valence-corrected chi connectivity index (χ4v) is 3.03. The lowest BCUT2D eigenvalue weighted by molar-refractivity contribution is 0.382. The molecular formula is C13H12ClN3O2S. The molecule has 1 N–H and O–H groups in total. The van der Waals surface area contributed by atoms with E-state index in [1.807, 2.05) is 24.3 Å². The minimum absolute atomic E-state index is 0.0821. The molecule has 3 heterocycles. The quantitative estimate of drug-likeness (QED) is 0.780. The number of nitrogens with one attached hydrogen (secondary N) is 1. The first kappa shape index (κ1) is 13.4. The van der Waals surface area contributed by atoms with Crippen LogP contribution in [0.5, 0.6) is 0 Å². The molecule has 7 heteroatoms. The minimum atomic E-state index is -0.0821. The summed E-state index contributed by atoms with van der Waals surface area (Å²) in [4.78, 5) is 5.24. The van der Waals surface area contributed by atoms with Gasteiger partial charge in [-0.1, -0.05) is 16.8 Å². The summed E-state index contributed by atoms with van der Waals surface area (Å²) in [6.45, 7) is 2.25. The van der Waals surface area contributed by atoms with E-state index in [0.717, 1.165) is 15.0 Å². The lowest BCUT2D eigenvalue weighted by Gasteiger charge is -2.13. The summed E-state index contributed by atoms with van der Waals surface area (Å²) in [5.74, 6) is 1.99. The summed E-state index contributed by atoms with van der Waals surface area (Å²) in [5.41, 5.74) is 0. The minimum Gasteiger partial charge on any atom is -0.467 e. The van der Waals surface area contributed by atoms with Crippen molar-refractivity contribution in [3.05, 3.63) is 57.2 Å². The maximum atomic E-state index is 6.01. The number of furan rings is 1. The Kier molecular flexibility index (Phi) is 3.86. The van der Waals surface area contributed by atoms with Gasteiger partial charge in [0.25, 0.3) is 0 Å². The van der Waals surface area contributed by atoms with Crippen LogP contribution in [0.25, 0.3) is 0 Å². The Morgan fingerprint density at radius 1 is 1.40 bits per heavy atom. The van der Waals surface area contributed by atoms with Gasteiger partial charge in [0.1, 0.15) is 11.8 Å². The van der Waals surface area contributed by atoms with Crippen LogP contribution < -0.4 is 5.32 Å². The van der Waals surface area contributed by atoms with E-state index in [1.165, 1.54) is 11.3 Å². The zero-order chi connectivity index (χ0) is 13.9. The Labute approximate surface area is 124 Å². The van der Waals surface area contributed by atoms with Gasteiger partial charge in [0, 0.05) is 11.8 Å². The molecule has 0 aromatic carbocycles. The van der Waals surface area contributed by atoms with Gasteiger partial charge in [-0.05, 0) is 24.3 Å². The smallest absolute Gasteiger partial charge is 0.223 e. The molecule has 3 rings (SSSR count). The average Bonchev–Trinajstić information content (AvgIpc) is 3.13. The van der Waals surface area contributed by atoms with Crippen molar-refractivity contribution in [1.82, 2.24) is 15.5 Å². The summed E-state index contributed by atoms with van der Waals surface area (Å²) < 4.78 is 11.2. The van der Waals surface area contributed by atoms with Gasteiger partial charge in [0.15, 0.2) is 5.82 Å². The first-order chi connectivity index (χ1) is 9.72. The van der Waals surface area contributed by atoms with Crippen molar-refractivity contribution in [1.29, 1.82) is 0 Å². The predicted molar refractivity (Wildman–Crippen MR) is 75.8 cm³/mol. The highest BCUT2D eigenvalue weighted by molar-refractivity contribution is 7.16. The van der Waals surface area contributed by atoms with E-state index in [-0.39, 0.29) is 6.04 Å². The van der Waals surface area contributed by atoms with Crippen LogP contribution in [0.2, 0.25) is 4.34 Å². The summed E-state index contributed by atoms with van der Waals surface area (Å²) in [5, 5.41) is 7.22. The third-order valence-corrected chi connectivity index (χ3v) is 4.04. The molecule has 1 atom stereocenters. The number of hydrogen-bond acceptors (Lipinski definition) is 6. The highest BCUT2D eigenvalue weighted by Gasteiger charge is 2.19. The third kappa shape index (κ3) is 2.92. The van der Waals surface area contributed by atoms with Gasteiger partial charge in [-0.25, -0.2) is 0 Å². The van der Waals surface area contributed by atoms with Gasteiger partial charge in [-0.2, -0.15) is 4.98 Å². The standard InChI is InChI=1S/C13H12ClN3O2S/c1-8-16-12(17-19-8)7-15-13(9-3-2-6-18-9)10-4-5-11(14)20-10/h2-6,13,15H,7H2,1H3. The van der Waals surface area contributed by atoms with Crippen molar-refractivity contribution < 1.29 is 8.94 Å². The second kappa shape index (κ2) is 5.78. The van der Waals surface area contributed by atoms with Crippen LogP contribution in [0.4, 0.5) is 0 Å². The Bertz CT molecular complexity index is 677. The van der Waals surface area contributed by atoms with Crippen LogP contribution >= 0.6 is 22.9 Å². The van der Waals surface area contributed by atoms with Crippen LogP contribution in [-0.4, -0.2) is 10.1 Å². The number of hydrogen-bond donors (Lipinski definition) is 1. The van der Waals surface area contributed by atoms with Crippen LogP contribution in [0.3, 0.4) is 0 Å². The van der Waals surface area contributed by atoms with Crippen LogP contribution in [-0.2, 0) is 6.54 Å². The Morgan fingerprint density at radius 3 is 2.90 bits per heavy atom. The van der Waals surface area contributed by atoms with Crippen LogP contribution in [0, 0.1) is 6.92 Å². The molecule has 0 aliphatic rings. The second-order valence-corrected chi connectivity index (χ2v) is 5.95. The van der Waals surface area contributed by atoms with Gasteiger partial charge in [-0.3, -0.25) is 5.32 Å². The molecule has 0 radical (unpaired) electrons. The monoisotopic (exact) mass is 309 g/mol. The molecular weight excluding hydrogens is 298 g/mol. The number of nitrogens with zero attached hydrogens (tertiary/aromatic N) is 2. The van der Waals surface area contributed by atoms with E-state index in [2.05, 4.69) is 15.5 Å². The van der Waals surface area contributed by atoms with E-state index < -0.39 is 0 Å². The van der Waals surface area contributed by atoms with Gasteiger partial charge < -0.3 is 8.94 Å². The van der Waals surface area contributed by atoms with Crippen molar-refractivity contribution in [3.8, 4) is 0 Å². The normalized spacial score (nSPS) is 12.7. The van der Waals surface area contributed by atoms with E-state index in [1.54, 1.807) is 13.2 Å². The Balaban J connectivity index is 1.79. The molecule has 1 unspecified atom stereocenters. The molecule has 0 spiro atoms. The molecule has 104 valence electrons. The van der Waals surface area contributed by atoms with E-state index in [9.17, 15) is 0 Å². The summed E-state index contributed by atoms with van der Waals surface area (Å²) in [6.07, 6.45) is 1.65. The zero-order valence-electron chi connectivity index (χ0n) is 10.7.